The van der Waals surface area contributed by atoms with Crippen LogP contribution in [0.15, 0.2) is 18.2 Å². The predicted molar refractivity (Wildman–Crippen MR) is 81.1 cm³/mol. The molecule has 110 valence electrons. The number of benzene rings is 1. The number of sulfonamides is 1. The summed E-state index contributed by atoms with van der Waals surface area (Å²) in [5.41, 5.74) is 2.48. The lowest BCUT2D eigenvalue weighted by atomic mass is 10.1. The summed E-state index contributed by atoms with van der Waals surface area (Å²) in [6, 6.07) is 7.74. The maximum absolute atomic E-state index is 11.4. The van der Waals surface area contributed by atoms with Crippen LogP contribution in [0.3, 0.4) is 0 Å². The molecule has 0 saturated heterocycles. The van der Waals surface area contributed by atoms with Crippen LogP contribution in [0.2, 0.25) is 0 Å². The Bertz CT molecular complexity index is 591. The van der Waals surface area contributed by atoms with E-state index in [4.69, 9.17) is 5.26 Å². The lowest BCUT2D eigenvalue weighted by Gasteiger charge is -2.18. The Balaban J connectivity index is 2.54. The Morgan fingerprint density at radius 3 is 2.65 bits per heavy atom. The number of hydrogen-bond donors (Lipinski definition) is 1. The molecule has 0 aliphatic heterocycles. The van der Waals surface area contributed by atoms with E-state index in [-0.39, 0.29) is 0 Å². The maximum atomic E-state index is 11.4. The molecule has 0 radical (unpaired) electrons. The number of anilines is 1. The largest absolute Gasteiger partial charge is 0.384 e. The quantitative estimate of drug-likeness (QED) is 0.780. The Morgan fingerprint density at radius 2 is 2.10 bits per heavy atom. The van der Waals surface area contributed by atoms with Crippen molar-refractivity contribution in [1.29, 1.82) is 5.26 Å². The zero-order chi connectivity index (χ0) is 15.2. The second-order valence-electron chi connectivity index (χ2n) is 4.70. The summed E-state index contributed by atoms with van der Waals surface area (Å²) in [5, 5.41) is 12.2. The third kappa shape index (κ3) is 4.83. The van der Waals surface area contributed by atoms with Crippen LogP contribution in [0.4, 0.5) is 5.69 Å². The van der Waals surface area contributed by atoms with Gasteiger partial charge in [0.15, 0.2) is 0 Å². The van der Waals surface area contributed by atoms with E-state index < -0.39 is 10.0 Å². The molecule has 1 rings (SSSR count). The van der Waals surface area contributed by atoms with Crippen LogP contribution in [-0.2, 0) is 10.0 Å². The summed E-state index contributed by atoms with van der Waals surface area (Å²) in [7, 11) is -3.13. The van der Waals surface area contributed by atoms with Crippen molar-refractivity contribution in [3.05, 3.63) is 29.3 Å². The molecule has 5 nitrogen and oxygen atoms in total. The normalized spacial score (nSPS) is 11.3. The van der Waals surface area contributed by atoms with Crippen molar-refractivity contribution < 1.29 is 8.42 Å². The molecule has 0 spiro atoms. The third-order valence-electron chi connectivity index (χ3n) is 3.02. The Morgan fingerprint density at radius 1 is 1.40 bits per heavy atom. The van der Waals surface area contributed by atoms with E-state index in [0.29, 0.717) is 31.6 Å². The van der Waals surface area contributed by atoms with Crippen LogP contribution in [-0.4, -0.2) is 38.6 Å². The minimum absolute atomic E-state index is 0.479. The summed E-state index contributed by atoms with van der Waals surface area (Å²) in [6.07, 6.45) is 1.91. The lowest BCUT2D eigenvalue weighted by molar-refractivity contribution is 0.429. The zero-order valence-corrected chi connectivity index (χ0v) is 13.0. The van der Waals surface area contributed by atoms with Gasteiger partial charge in [0.1, 0.15) is 6.07 Å². The number of nitrogens with zero attached hydrogens (tertiary/aromatic N) is 2. The van der Waals surface area contributed by atoms with Crippen molar-refractivity contribution >= 4 is 15.7 Å². The molecule has 0 unspecified atom stereocenters. The summed E-state index contributed by atoms with van der Waals surface area (Å²) in [6.45, 7) is 5.38. The van der Waals surface area contributed by atoms with Gasteiger partial charge in [0.25, 0.3) is 0 Å². The van der Waals surface area contributed by atoms with Crippen molar-refractivity contribution in [2.45, 2.75) is 20.3 Å². The fourth-order valence-electron chi connectivity index (χ4n) is 1.94. The van der Waals surface area contributed by atoms with E-state index in [1.165, 1.54) is 10.6 Å². The molecule has 0 atom stereocenters. The fraction of sp³-hybridized carbons (Fsp3) is 0.500. The molecule has 0 fully saturated rings. The van der Waals surface area contributed by atoms with E-state index >= 15 is 0 Å². The first-order valence-electron chi connectivity index (χ1n) is 6.58. The van der Waals surface area contributed by atoms with Gasteiger partial charge in [0, 0.05) is 19.6 Å². The number of nitriles is 1. The van der Waals surface area contributed by atoms with Gasteiger partial charge in [0.05, 0.1) is 17.5 Å². The molecule has 0 saturated carbocycles. The smallest absolute Gasteiger partial charge is 0.211 e. The average molecular weight is 295 g/mol. The van der Waals surface area contributed by atoms with E-state index in [1.807, 2.05) is 26.0 Å². The highest BCUT2D eigenvalue weighted by atomic mass is 32.2. The highest BCUT2D eigenvalue weighted by Crippen LogP contribution is 2.16. The van der Waals surface area contributed by atoms with Crippen molar-refractivity contribution in [2.24, 2.45) is 0 Å². The van der Waals surface area contributed by atoms with Crippen LogP contribution < -0.4 is 5.32 Å². The molecule has 0 aliphatic rings. The molecule has 0 bridgehead atoms. The Kier molecular flexibility index (Phi) is 5.99. The molecular formula is C14H21N3O2S. The first kappa shape index (κ1) is 16.5. The van der Waals surface area contributed by atoms with Crippen LogP contribution in [0.1, 0.15) is 24.5 Å². The molecule has 20 heavy (non-hydrogen) atoms. The van der Waals surface area contributed by atoms with Gasteiger partial charge in [0.2, 0.25) is 10.0 Å². The Labute approximate surface area is 121 Å². The standard InChI is InChI=1S/C14H21N3O2S/c1-4-17(20(3,18)19)9-5-8-16-14-10-12(2)6-7-13(14)11-15/h6-7,10,16H,4-5,8-9H2,1-3H3. The van der Waals surface area contributed by atoms with E-state index in [1.54, 1.807) is 6.07 Å². The van der Waals surface area contributed by atoms with Crippen molar-refractivity contribution in [3.8, 4) is 6.07 Å². The van der Waals surface area contributed by atoms with Gasteiger partial charge in [-0.05, 0) is 31.0 Å². The van der Waals surface area contributed by atoms with Gasteiger partial charge in [-0.2, -0.15) is 5.26 Å². The number of aryl methyl sites for hydroxylation is 1. The molecule has 1 N–H and O–H groups in total. The first-order valence-corrected chi connectivity index (χ1v) is 8.43. The molecule has 0 aromatic heterocycles. The van der Waals surface area contributed by atoms with Crippen molar-refractivity contribution in [2.75, 3.05) is 31.2 Å². The second-order valence-corrected chi connectivity index (χ2v) is 6.68. The highest BCUT2D eigenvalue weighted by Gasteiger charge is 2.13. The number of nitrogens with one attached hydrogen (secondary N) is 1. The molecule has 0 amide bonds. The van der Waals surface area contributed by atoms with Crippen LogP contribution in [0.25, 0.3) is 0 Å². The average Bonchev–Trinajstić information content (AvgIpc) is 2.37. The SMILES string of the molecule is CCN(CCCNc1cc(C)ccc1C#N)S(C)(=O)=O. The highest BCUT2D eigenvalue weighted by molar-refractivity contribution is 7.88. The zero-order valence-electron chi connectivity index (χ0n) is 12.2. The number of hydrogen-bond acceptors (Lipinski definition) is 4. The van der Waals surface area contributed by atoms with Gasteiger partial charge in [-0.1, -0.05) is 13.0 Å². The molecular weight excluding hydrogens is 274 g/mol. The molecule has 0 aliphatic carbocycles. The molecule has 6 heteroatoms. The predicted octanol–water partition coefficient (Wildman–Crippen LogP) is 1.95. The van der Waals surface area contributed by atoms with Crippen LogP contribution in [0.5, 0.6) is 0 Å². The summed E-state index contributed by atoms with van der Waals surface area (Å²) < 4.78 is 24.3. The summed E-state index contributed by atoms with van der Waals surface area (Å²) in [5.74, 6) is 0. The van der Waals surface area contributed by atoms with Gasteiger partial charge >= 0.3 is 0 Å². The topological polar surface area (TPSA) is 73.2 Å². The van der Waals surface area contributed by atoms with E-state index in [2.05, 4.69) is 11.4 Å². The minimum atomic E-state index is -3.13. The third-order valence-corrected chi connectivity index (χ3v) is 4.40. The molecule has 0 heterocycles. The molecule has 1 aromatic rings. The molecule has 1 aromatic carbocycles. The van der Waals surface area contributed by atoms with Gasteiger partial charge in [-0.15, -0.1) is 0 Å². The van der Waals surface area contributed by atoms with Crippen LogP contribution >= 0.6 is 0 Å². The van der Waals surface area contributed by atoms with Crippen LogP contribution in [0, 0.1) is 18.3 Å². The van der Waals surface area contributed by atoms with E-state index in [0.717, 1.165) is 11.3 Å². The van der Waals surface area contributed by atoms with Crippen molar-refractivity contribution in [1.82, 2.24) is 4.31 Å². The van der Waals surface area contributed by atoms with Gasteiger partial charge < -0.3 is 5.32 Å². The monoisotopic (exact) mass is 295 g/mol. The summed E-state index contributed by atoms with van der Waals surface area (Å²) >= 11 is 0. The van der Waals surface area contributed by atoms with Gasteiger partial charge in [-0.25, -0.2) is 12.7 Å². The lowest BCUT2D eigenvalue weighted by Crippen LogP contribution is -2.31. The number of rotatable bonds is 7. The minimum Gasteiger partial charge on any atom is -0.384 e. The fourth-order valence-corrected chi connectivity index (χ4v) is 2.87. The van der Waals surface area contributed by atoms with E-state index in [9.17, 15) is 8.42 Å². The van der Waals surface area contributed by atoms with Crippen molar-refractivity contribution in [3.63, 3.8) is 0 Å². The second kappa shape index (κ2) is 7.27. The Hall–Kier alpha value is -1.58. The first-order chi connectivity index (χ1) is 9.38. The maximum Gasteiger partial charge on any atom is 0.211 e. The summed E-state index contributed by atoms with van der Waals surface area (Å²) in [4.78, 5) is 0. The van der Waals surface area contributed by atoms with Gasteiger partial charge in [-0.3, -0.25) is 0 Å².